The van der Waals surface area contributed by atoms with Gasteiger partial charge in [0.05, 0.1) is 18.4 Å². The maximum atomic E-state index is 12.6. The van der Waals surface area contributed by atoms with Gasteiger partial charge in [0.2, 0.25) is 11.1 Å². The van der Waals surface area contributed by atoms with Gasteiger partial charge in [-0.25, -0.2) is 4.98 Å². The number of rotatable bonds is 6. The summed E-state index contributed by atoms with van der Waals surface area (Å²) in [7, 11) is 1.63. The van der Waals surface area contributed by atoms with E-state index < -0.39 is 0 Å². The highest BCUT2D eigenvalue weighted by Gasteiger charge is 2.22. The van der Waals surface area contributed by atoms with Crippen LogP contribution in [0.4, 0.5) is 5.69 Å². The Balaban J connectivity index is 1.30. The number of thioether (sulfide) groups is 1. The maximum Gasteiger partial charge on any atom is 0.233 e. The highest BCUT2D eigenvalue weighted by atomic mass is 32.2. The van der Waals surface area contributed by atoms with E-state index in [0.29, 0.717) is 16.7 Å². The molecule has 1 amide bonds. The number of hydrogen-bond acceptors (Lipinski definition) is 6. The molecule has 0 aliphatic carbocycles. The van der Waals surface area contributed by atoms with Gasteiger partial charge in [0.1, 0.15) is 5.75 Å². The van der Waals surface area contributed by atoms with Gasteiger partial charge >= 0.3 is 0 Å². The summed E-state index contributed by atoms with van der Waals surface area (Å²) in [6, 6.07) is 17.9. The zero-order valence-corrected chi connectivity index (χ0v) is 17.1. The predicted octanol–water partition coefficient (Wildman–Crippen LogP) is 2.92. The highest BCUT2D eigenvalue weighted by Crippen LogP contribution is 2.28. The van der Waals surface area contributed by atoms with Gasteiger partial charge in [-0.3, -0.25) is 9.89 Å². The van der Waals surface area contributed by atoms with Crippen LogP contribution in [0.1, 0.15) is 0 Å². The average molecular weight is 410 g/mol. The Hall–Kier alpha value is -3.00. The van der Waals surface area contributed by atoms with E-state index in [1.54, 1.807) is 7.11 Å². The fourth-order valence-corrected chi connectivity index (χ4v) is 4.04. The summed E-state index contributed by atoms with van der Waals surface area (Å²) in [5, 5.41) is 7.72. The van der Waals surface area contributed by atoms with E-state index in [1.807, 2.05) is 47.4 Å². The maximum absolute atomic E-state index is 12.6. The largest absolute Gasteiger partial charge is 0.496 e. The number of hydrogen-bond donors (Lipinski definition) is 1. The third-order valence-corrected chi connectivity index (χ3v) is 5.74. The molecule has 1 N–H and O–H groups in total. The number of H-pyrrole nitrogens is 1. The van der Waals surface area contributed by atoms with Gasteiger partial charge < -0.3 is 14.5 Å². The van der Waals surface area contributed by atoms with Crippen LogP contribution < -0.4 is 9.64 Å². The number of piperazine rings is 1. The van der Waals surface area contributed by atoms with Crippen molar-refractivity contribution in [3.8, 4) is 17.1 Å². The van der Waals surface area contributed by atoms with Crippen LogP contribution >= 0.6 is 11.8 Å². The van der Waals surface area contributed by atoms with E-state index in [4.69, 9.17) is 4.74 Å². The number of amides is 1. The minimum absolute atomic E-state index is 0.117. The number of ether oxygens (including phenoxy) is 1. The average Bonchev–Trinajstić information content (AvgIpc) is 3.27. The van der Waals surface area contributed by atoms with Crippen LogP contribution in [-0.2, 0) is 4.79 Å². The molecule has 0 spiro atoms. The molecule has 1 aromatic heterocycles. The number of para-hydroxylation sites is 2. The molecule has 150 valence electrons. The Labute approximate surface area is 174 Å². The van der Waals surface area contributed by atoms with Crippen molar-refractivity contribution < 1.29 is 9.53 Å². The molecule has 1 aliphatic heterocycles. The van der Waals surface area contributed by atoms with Gasteiger partial charge in [0, 0.05) is 31.9 Å². The lowest BCUT2D eigenvalue weighted by Gasteiger charge is -2.36. The number of carbonyl (C=O) groups is 1. The van der Waals surface area contributed by atoms with Gasteiger partial charge in [-0.2, -0.15) is 0 Å². The lowest BCUT2D eigenvalue weighted by molar-refractivity contribution is -0.128. The molecule has 0 radical (unpaired) electrons. The quantitative estimate of drug-likeness (QED) is 0.631. The second-order valence-corrected chi connectivity index (χ2v) is 7.60. The van der Waals surface area contributed by atoms with E-state index in [-0.39, 0.29) is 5.91 Å². The third-order valence-electron chi connectivity index (χ3n) is 4.91. The number of nitrogens with zero attached hydrogens (tertiary/aromatic N) is 4. The lowest BCUT2D eigenvalue weighted by atomic mass is 10.2. The van der Waals surface area contributed by atoms with Crippen molar-refractivity contribution in [1.82, 2.24) is 20.1 Å². The molecule has 1 fully saturated rings. The molecule has 3 aromatic rings. The van der Waals surface area contributed by atoms with E-state index in [9.17, 15) is 4.79 Å². The van der Waals surface area contributed by atoms with Crippen molar-refractivity contribution in [3.63, 3.8) is 0 Å². The summed E-state index contributed by atoms with van der Waals surface area (Å²) < 4.78 is 5.37. The zero-order valence-electron chi connectivity index (χ0n) is 16.2. The normalized spacial score (nSPS) is 14.1. The molecular weight excluding hydrogens is 386 g/mol. The van der Waals surface area contributed by atoms with Crippen molar-refractivity contribution in [1.29, 1.82) is 0 Å². The molecule has 2 aromatic carbocycles. The van der Waals surface area contributed by atoms with Crippen molar-refractivity contribution in [2.45, 2.75) is 5.16 Å². The van der Waals surface area contributed by atoms with Crippen molar-refractivity contribution in [2.75, 3.05) is 43.9 Å². The minimum Gasteiger partial charge on any atom is -0.496 e. The third kappa shape index (κ3) is 4.54. The molecule has 1 saturated heterocycles. The molecule has 0 unspecified atom stereocenters. The Kier molecular flexibility index (Phi) is 6.00. The lowest BCUT2D eigenvalue weighted by Crippen LogP contribution is -2.49. The van der Waals surface area contributed by atoms with E-state index in [0.717, 1.165) is 37.5 Å². The number of aromatic amines is 1. The van der Waals surface area contributed by atoms with Crippen LogP contribution in [0.25, 0.3) is 11.4 Å². The Bertz CT molecular complexity index is 954. The van der Waals surface area contributed by atoms with Crippen molar-refractivity contribution >= 4 is 23.4 Å². The number of benzene rings is 2. The van der Waals surface area contributed by atoms with Crippen LogP contribution in [0.2, 0.25) is 0 Å². The van der Waals surface area contributed by atoms with Crippen molar-refractivity contribution in [3.05, 3.63) is 54.6 Å². The smallest absolute Gasteiger partial charge is 0.233 e. The molecule has 29 heavy (non-hydrogen) atoms. The Morgan fingerprint density at radius 3 is 2.55 bits per heavy atom. The number of anilines is 1. The van der Waals surface area contributed by atoms with Gasteiger partial charge in [0.25, 0.3) is 0 Å². The van der Waals surface area contributed by atoms with E-state index in [2.05, 4.69) is 32.2 Å². The number of nitrogens with one attached hydrogen (secondary N) is 1. The van der Waals surface area contributed by atoms with Crippen LogP contribution in [0, 0.1) is 0 Å². The summed E-state index contributed by atoms with van der Waals surface area (Å²) >= 11 is 1.35. The minimum atomic E-state index is 0.117. The SMILES string of the molecule is COc1ccccc1-c1nc(SCC(=O)N2CCN(c3ccccc3)CC2)n[nH]1. The van der Waals surface area contributed by atoms with Crippen LogP contribution in [-0.4, -0.2) is 65.0 Å². The van der Waals surface area contributed by atoms with Crippen molar-refractivity contribution in [2.24, 2.45) is 0 Å². The predicted molar refractivity (Wildman–Crippen MR) is 114 cm³/mol. The molecule has 0 atom stereocenters. The first-order valence-corrected chi connectivity index (χ1v) is 10.5. The molecular formula is C21H23N5O2S. The highest BCUT2D eigenvalue weighted by molar-refractivity contribution is 7.99. The summed E-state index contributed by atoms with van der Waals surface area (Å²) in [6.07, 6.45) is 0. The summed E-state index contributed by atoms with van der Waals surface area (Å²) in [5.74, 6) is 1.81. The molecule has 8 heteroatoms. The molecule has 0 bridgehead atoms. The fraction of sp³-hybridized carbons (Fsp3) is 0.286. The first kappa shape index (κ1) is 19.3. The second-order valence-electron chi connectivity index (χ2n) is 6.66. The van der Waals surface area contributed by atoms with Gasteiger partial charge in [-0.1, -0.05) is 42.1 Å². The van der Waals surface area contributed by atoms with Gasteiger partial charge in [-0.15, -0.1) is 5.10 Å². The van der Waals surface area contributed by atoms with Gasteiger partial charge in [-0.05, 0) is 24.3 Å². The number of methoxy groups -OCH3 is 1. The van der Waals surface area contributed by atoms with Gasteiger partial charge in [0.15, 0.2) is 5.82 Å². The van der Waals surface area contributed by atoms with Crippen LogP contribution in [0.3, 0.4) is 0 Å². The number of aromatic nitrogens is 3. The Morgan fingerprint density at radius 1 is 1.07 bits per heavy atom. The molecule has 4 rings (SSSR count). The molecule has 0 saturated carbocycles. The van der Waals surface area contributed by atoms with E-state index in [1.165, 1.54) is 17.4 Å². The summed E-state index contributed by atoms with van der Waals surface area (Å²) in [5.41, 5.74) is 2.05. The van der Waals surface area contributed by atoms with E-state index >= 15 is 0 Å². The second kappa shape index (κ2) is 9.00. The first-order chi connectivity index (χ1) is 14.2. The first-order valence-electron chi connectivity index (χ1n) is 9.51. The summed E-state index contributed by atoms with van der Waals surface area (Å²) in [4.78, 5) is 21.3. The van der Waals surface area contributed by atoms with Crippen LogP contribution in [0.15, 0.2) is 59.8 Å². The summed E-state index contributed by atoms with van der Waals surface area (Å²) in [6.45, 7) is 3.15. The molecule has 7 nitrogen and oxygen atoms in total. The topological polar surface area (TPSA) is 74.3 Å². The standard InChI is InChI=1S/C21H23N5O2S/c1-28-18-10-6-5-9-17(18)20-22-21(24-23-20)29-15-19(27)26-13-11-25(12-14-26)16-7-3-2-4-8-16/h2-10H,11-15H2,1H3,(H,22,23,24). The van der Waals surface area contributed by atoms with Crippen LogP contribution in [0.5, 0.6) is 5.75 Å². The number of carbonyl (C=O) groups excluding carboxylic acids is 1. The Morgan fingerprint density at radius 2 is 1.79 bits per heavy atom. The molecule has 2 heterocycles. The zero-order chi connectivity index (χ0) is 20.1. The monoisotopic (exact) mass is 409 g/mol. The molecule has 1 aliphatic rings. The fourth-order valence-electron chi connectivity index (χ4n) is 3.34.